The highest BCUT2D eigenvalue weighted by molar-refractivity contribution is 5.87. The molecule has 9 heteroatoms. The van der Waals surface area contributed by atoms with Crippen LogP contribution in [0, 0.1) is 5.92 Å². The van der Waals surface area contributed by atoms with Gasteiger partial charge in [0.25, 0.3) is 5.91 Å². The van der Waals surface area contributed by atoms with Crippen LogP contribution in [0.25, 0.3) is 0 Å². The van der Waals surface area contributed by atoms with Gasteiger partial charge in [-0.1, -0.05) is 76.8 Å². The van der Waals surface area contributed by atoms with Gasteiger partial charge in [0.05, 0.1) is 18.2 Å². The average molecular weight is 506 g/mol. The number of alkyl carbamates (subject to hydrolysis) is 1. The zero-order chi connectivity index (χ0) is 26.5. The van der Waals surface area contributed by atoms with E-state index in [9.17, 15) is 24.6 Å². The lowest BCUT2D eigenvalue weighted by atomic mass is 9.92. The molecule has 0 heterocycles. The summed E-state index contributed by atoms with van der Waals surface area (Å²) in [6.45, 7) is 5.93. The fraction of sp³-hybridized carbons (Fsp3) is 0.667. The SMILES string of the molecule is CCCC[C@H](NC(=O)[C@H](CC(C)C)NC(=O)OCc1ccccc1)[C@H](O)C(=O)N[C@H]1CCCC[C@@H]1O. The first-order valence-electron chi connectivity index (χ1n) is 13.1. The van der Waals surface area contributed by atoms with E-state index in [1.54, 1.807) is 0 Å². The van der Waals surface area contributed by atoms with Crippen LogP contribution in [0.15, 0.2) is 30.3 Å². The van der Waals surface area contributed by atoms with Crippen molar-refractivity contribution in [3.63, 3.8) is 0 Å². The highest BCUT2D eigenvalue weighted by Crippen LogP contribution is 2.19. The molecule has 36 heavy (non-hydrogen) atoms. The molecule has 0 aromatic heterocycles. The Kier molecular flexibility index (Phi) is 12.7. The van der Waals surface area contributed by atoms with Crippen LogP contribution in [0.3, 0.4) is 0 Å². The molecule has 5 N–H and O–H groups in total. The summed E-state index contributed by atoms with van der Waals surface area (Å²) >= 11 is 0. The molecule has 0 radical (unpaired) electrons. The van der Waals surface area contributed by atoms with Gasteiger partial charge in [0, 0.05) is 0 Å². The molecule has 1 aromatic rings. The molecule has 1 aromatic carbocycles. The summed E-state index contributed by atoms with van der Waals surface area (Å²) in [6.07, 6.45) is 2.52. The summed E-state index contributed by atoms with van der Waals surface area (Å²) in [4.78, 5) is 38.4. The minimum Gasteiger partial charge on any atom is -0.445 e. The molecular weight excluding hydrogens is 462 g/mol. The second-order valence-electron chi connectivity index (χ2n) is 10.1. The molecule has 2 rings (SSSR count). The minimum atomic E-state index is -1.47. The number of benzene rings is 1. The lowest BCUT2D eigenvalue weighted by molar-refractivity contribution is -0.134. The number of hydrogen-bond acceptors (Lipinski definition) is 6. The molecular formula is C27H43N3O6. The van der Waals surface area contributed by atoms with Crippen LogP contribution in [0.1, 0.15) is 77.7 Å². The highest BCUT2D eigenvalue weighted by atomic mass is 16.5. The number of rotatable bonds is 13. The number of nitrogens with one attached hydrogen (secondary N) is 3. The summed E-state index contributed by atoms with van der Waals surface area (Å²) in [5, 5.41) is 29.1. The quantitative estimate of drug-likeness (QED) is 0.280. The number of ether oxygens (including phenoxy) is 1. The third-order valence-electron chi connectivity index (χ3n) is 6.43. The van der Waals surface area contributed by atoms with Crippen molar-refractivity contribution in [3.05, 3.63) is 35.9 Å². The van der Waals surface area contributed by atoms with E-state index in [-0.39, 0.29) is 12.5 Å². The minimum absolute atomic E-state index is 0.0771. The van der Waals surface area contributed by atoms with E-state index in [4.69, 9.17) is 4.74 Å². The molecule has 9 nitrogen and oxygen atoms in total. The smallest absolute Gasteiger partial charge is 0.408 e. The van der Waals surface area contributed by atoms with Gasteiger partial charge in [-0.05, 0) is 37.2 Å². The van der Waals surface area contributed by atoms with Gasteiger partial charge in [-0.25, -0.2) is 4.79 Å². The first-order valence-corrected chi connectivity index (χ1v) is 13.1. The van der Waals surface area contributed by atoms with Crippen LogP contribution in [0.5, 0.6) is 0 Å². The van der Waals surface area contributed by atoms with Crippen LogP contribution < -0.4 is 16.0 Å². The van der Waals surface area contributed by atoms with Crippen LogP contribution in [0.4, 0.5) is 4.79 Å². The van der Waals surface area contributed by atoms with E-state index < -0.39 is 48.2 Å². The van der Waals surface area contributed by atoms with Crippen molar-refractivity contribution in [2.75, 3.05) is 0 Å². The number of unbranched alkanes of at least 4 members (excludes halogenated alkanes) is 1. The first kappa shape index (κ1) is 29.6. The lowest BCUT2D eigenvalue weighted by Crippen LogP contribution is -2.57. The molecule has 5 atom stereocenters. The lowest BCUT2D eigenvalue weighted by Gasteiger charge is -2.31. The largest absolute Gasteiger partial charge is 0.445 e. The third-order valence-corrected chi connectivity index (χ3v) is 6.43. The van der Waals surface area contributed by atoms with Gasteiger partial charge < -0.3 is 30.9 Å². The Morgan fingerprint density at radius 3 is 2.39 bits per heavy atom. The van der Waals surface area contributed by atoms with Crippen molar-refractivity contribution in [1.29, 1.82) is 0 Å². The first-order chi connectivity index (χ1) is 17.2. The monoisotopic (exact) mass is 505 g/mol. The summed E-state index contributed by atoms with van der Waals surface area (Å²) in [6, 6.07) is 7.12. The van der Waals surface area contributed by atoms with Crippen LogP contribution >= 0.6 is 0 Å². The third kappa shape index (κ3) is 10.1. The molecule has 0 spiro atoms. The van der Waals surface area contributed by atoms with E-state index in [1.807, 2.05) is 51.1 Å². The van der Waals surface area contributed by atoms with Crippen molar-refractivity contribution in [1.82, 2.24) is 16.0 Å². The van der Waals surface area contributed by atoms with E-state index in [1.165, 1.54) is 0 Å². The average Bonchev–Trinajstić information content (AvgIpc) is 2.86. The Morgan fingerprint density at radius 2 is 1.75 bits per heavy atom. The Hall–Kier alpha value is -2.65. The predicted octanol–water partition coefficient (Wildman–Crippen LogP) is 2.78. The van der Waals surface area contributed by atoms with E-state index in [0.717, 1.165) is 24.8 Å². The van der Waals surface area contributed by atoms with Gasteiger partial charge in [-0.2, -0.15) is 0 Å². The standard InChI is InChI=1S/C27H43N3O6/c1-4-5-13-21(24(32)26(34)28-20-14-9-10-15-23(20)31)29-25(33)22(16-18(2)3)30-27(35)36-17-19-11-7-6-8-12-19/h6-8,11-12,18,20-24,31-32H,4-5,9-10,13-17H2,1-3H3,(H,28,34)(H,29,33)(H,30,35)/t20-,21-,22-,23-,24-/m0/s1. The Labute approximate surface area is 214 Å². The van der Waals surface area contributed by atoms with Crippen molar-refractivity contribution < 1.29 is 29.3 Å². The van der Waals surface area contributed by atoms with Crippen molar-refractivity contribution in [3.8, 4) is 0 Å². The molecule has 0 saturated heterocycles. The Morgan fingerprint density at radius 1 is 1.06 bits per heavy atom. The number of carbonyl (C=O) groups is 3. The van der Waals surface area contributed by atoms with E-state index in [0.29, 0.717) is 32.1 Å². The van der Waals surface area contributed by atoms with Crippen LogP contribution in [-0.2, 0) is 20.9 Å². The molecule has 3 amide bonds. The van der Waals surface area contributed by atoms with Gasteiger partial charge in [0.1, 0.15) is 12.6 Å². The molecule has 1 fully saturated rings. The van der Waals surface area contributed by atoms with Crippen molar-refractivity contribution in [2.24, 2.45) is 5.92 Å². The molecule has 0 unspecified atom stereocenters. The maximum absolute atomic E-state index is 13.2. The second kappa shape index (κ2) is 15.5. The van der Waals surface area contributed by atoms with Gasteiger partial charge in [-0.15, -0.1) is 0 Å². The fourth-order valence-electron chi connectivity index (χ4n) is 4.36. The van der Waals surface area contributed by atoms with Crippen molar-refractivity contribution >= 4 is 17.9 Å². The predicted molar refractivity (Wildman–Crippen MR) is 137 cm³/mol. The number of aliphatic hydroxyl groups is 2. The van der Waals surface area contributed by atoms with Gasteiger partial charge >= 0.3 is 6.09 Å². The number of amides is 3. The topological polar surface area (TPSA) is 137 Å². The summed E-state index contributed by atoms with van der Waals surface area (Å²) in [5.74, 6) is -0.991. The fourth-order valence-corrected chi connectivity index (χ4v) is 4.36. The molecule has 1 saturated carbocycles. The van der Waals surface area contributed by atoms with E-state index >= 15 is 0 Å². The zero-order valence-corrected chi connectivity index (χ0v) is 21.7. The summed E-state index contributed by atoms with van der Waals surface area (Å²) < 4.78 is 5.27. The highest BCUT2D eigenvalue weighted by Gasteiger charge is 2.33. The molecule has 202 valence electrons. The summed E-state index contributed by atoms with van der Waals surface area (Å²) in [5.41, 5.74) is 0.828. The Bertz CT molecular complexity index is 819. The van der Waals surface area contributed by atoms with Crippen LogP contribution in [0.2, 0.25) is 0 Å². The van der Waals surface area contributed by atoms with Crippen LogP contribution in [-0.4, -0.2) is 58.5 Å². The Balaban J connectivity index is 2.01. The van der Waals surface area contributed by atoms with Gasteiger partial charge in [0.15, 0.2) is 6.10 Å². The second-order valence-corrected chi connectivity index (χ2v) is 10.1. The number of aliphatic hydroxyl groups excluding tert-OH is 2. The molecule has 1 aliphatic carbocycles. The zero-order valence-electron chi connectivity index (χ0n) is 21.7. The van der Waals surface area contributed by atoms with Gasteiger partial charge in [0.2, 0.25) is 5.91 Å². The number of hydrogen-bond donors (Lipinski definition) is 5. The van der Waals surface area contributed by atoms with E-state index in [2.05, 4.69) is 16.0 Å². The van der Waals surface area contributed by atoms with Gasteiger partial charge in [-0.3, -0.25) is 9.59 Å². The number of carbonyl (C=O) groups excluding carboxylic acids is 3. The molecule has 0 aliphatic heterocycles. The normalized spacial score (nSPS) is 20.2. The molecule has 0 bridgehead atoms. The van der Waals surface area contributed by atoms with Crippen molar-refractivity contribution in [2.45, 2.75) is 109 Å². The maximum atomic E-state index is 13.2. The molecule has 1 aliphatic rings. The summed E-state index contributed by atoms with van der Waals surface area (Å²) in [7, 11) is 0. The maximum Gasteiger partial charge on any atom is 0.408 e.